The van der Waals surface area contributed by atoms with Gasteiger partial charge in [0.1, 0.15) is 11.6 Å². The lowest BCUT2D eigenvalue weighted by Crippen LogP contribution is -2.41. The first-order chi connectivity index (χ1) is 16.7. The molecule has 4 rings (SSSR count). The molecule has 190 valence electrons. The van der Waals surface area contributed by atoms with Crippen molar-refractivity contribution in [2.24, 2.45) is 0 Å². The third kappa shape index (κ3) is 5.17. The molecule has 1 aliphatic rings. The van der Waals surface area contributed by atoms with Crippen LogP contribution < -0.4 is 16.1 Å². The second-order valence-electron chi connectivity index (χ2n) is 11.3. The smallest absolute Gasteiger partial charge is 0.399 e. The number of nitrogens with one attached hydrogen (secondary N) is 2. The number of urea groups is 1. The van der Waals surface area contributed by atoms with Crippen LogP contribution in [0.25, 0.3) is 5.69 Å². The highest BCUT2D eigenvalue weighted by Crippen LogP contribution is 2.36. The molecule has 0 bridgehead atoms. The molecule has 1 saturated heterocycles. The molecule has 0 aliphatic carbocycles. The summed E-state index contributed by atoms with van der Waals surface area (Å²) >= 11 is 0. The number of aryl methyl sites for hydroxylation is 1. The Morgan fingerprint density at radius 2 is 1.58 bits per heavy atom. The average molecular weight is 492 g/mol. The molecule has 1 fully saturated rings. The molecule has 0 unspecified atom stereocenters. The van der Waals surface area contributed by atoms with Gasteiger partial charge in [0, 0.05) is 11.5 Å². The summed E-state index contributed by atoms with van der Waals surface area (Å²) in [7, 11) is -0.688. The van der Waals surface area contributed by atoms with Crippen LogP contribution >= 0.6 is 0 Å². The number of amides is 2. The van der Waals surface area contributed by atoms with Crippen molar-refractivity contribution in [2.75, 3.05) is 10.6 Å². The fourth-order valence-electron chi connectivity index (χ4n) is 3.75. The first-order valence-corrected chi connectivity index (χ1v) is 12.1. The summed E-state index contributed by atoms with van der Waals surface area (Å²) in [5, 5.41) is 10.1. The molecule has 1 aromatic heterocycles. The zero-order valence-electron chi connectivity index (χ0n) is 22.2. The van der Waals surface area contributed by atoms with E-state index in [-0.39, 0.29) is 11.1 Å². The number of halogens is 1. The number of carbonyl (C=O) groups excluding carboxylic acids is 1. The number of nitrogens with zero attached hydrogens (tertiary/aromatic N) is 2. The van der Waals surface area contributed by atoms with E-state index in [9.17, 15) is 9.18 Å². The number of hydrogen-bond donors (Lipinski definition) is 2. The molecule has 2 aromatic carbocycles. The van der Waals surface area contributed by atoms with E-state index in [0.717, 1.165) is 16.9 Å². The second kappa shape index (κ2) is 9.05. The Balaban J connectivity index is 1.53. The lowest BCUT2D eigenvalue weighted by molar-refractivity contribution is 0.00578. The molecule has 2 heterocycles. The molecule has 0 radical (unpaired) electrons. The van der Waals surface area contributed by atoms with Crippen molar-refractivity contribution in [1.29, 1.82) is 0 Å². The van der Waals surface area contributed by atoms with E-state index in [4.69, 9.17) is 14.4 Å². The Hall–Kier alpha value is -3.17. The lowest BCUT2D eigenvalue weighted by Gasteiger charge is -2.32. The van der Waals surface area contributed by atoms with Crippen molar-refractivity contribution in [2.45, 2.75) is 72.0 Å². The normalized spacial score (nSPS) is 16.8. The van der Waals surface area contributed by atoms with Gasteiger partial charge in [0.25, 0.3) is 0 Å². The zero-order chi connectivity index (χ0) is 26.5. The minimum absolute atomic E-state index is 0.0465. The van der Waals surface area contributed by atoms with Crippen LogP contribution in [0.3, 0.4) is 0 Å². The molecule has 1 aliphatic heterocycles. The topological polar surface area (TPSA) is 77.4 Å². The standard InChI is InChI=1S/C27H34BFN4O3/c1-17-9-12-19(13-10-17)33-23(16-22(32-33)25(2,3)4)31-24(34)30-21-14-11-18(15-20(21)29)28-35-26(5,6)27(7,8)36-28/h9-16H,1-8H3,(H2,30,31,34). The van der Waals surface area contributed by atoms with Gasteiger partial charge in [0.05, 0.1) is 28.3 Å². The summed E-state index contributed by atoms with van der Waals surface area (Å²) < 4.78 is 28.6. The van der Waals surface area contributed by atoms with E-state index in [1.165, 1.54) is 12.1 Å². The maximum absolute atomic E-state index is 15.0. The molecule has 0 atom stereocenters. The Kier molecular flexibility index (Phi) is 6.51. The molecule has 9 heteroatoms. The number of carbonyl (C=O) groups is 1. The molecule has 2 N–H and O–H groups in total. The van der Waals surface area contributed by atoms with E-state index in [1.807, 2.05) is 65.0 Å². The third-order valence-electron chi connectivity index (χ3n) is 6.76. The van der Waals surface area contributed by atoms with Crippen molar-refractivity contribution in [3.8, 4) is 5.69 Å². The van der Waals surface area contributed by atoms with Crippen molar-refractivity contribution in [3.63, 3.8) is 0 Å². The first kappa shape index (κ1) is 25.9. The Morgan fingerprint density at radius 1 is 0.972 bits per heavy atom. The number of hydrogen-bond acceptors (Lipinski definition) is 4. The third-order valence-corrected chi connectivity index (χ3v) is 6.76. The van der Waals surface area contributed by atoms with Gasteiger partial charge in [-0.25, -0.2) is 13.9 Å². The van der Waals surface area contributed by atoms with Gasteiger partial charge >= 0.3 is 13.1 Å². The summed E-state index contributed by atoms with van der Waals surface area (Å²) in [6.07, 6.45) is 0. The predicted molar refractivity (Wildman–Crippen MR) is 142 cm³/mol. The zero-order valence-corrected chi connectivity index (χ0v) is 22.2. The summed E-state index contributed by atoms with van der Waals surface area (Å²) in [5.74, 6) is -0.102. The van der Waals surface area contributed by atoms with Gasteiger partial charge in [-0.15, -0.1) is 0 Å². The van der Waals surface area contributed by atoms with Crippen LogP contribution in [0.1, 0.15) is 59.7 Å². The molecule has 3 aromatic rings. The maximum atomic E-state index is 15.0. The monoisotopic (exact) mass is 492 g/mol. The van der Waals surface area contributed by atoms with Crippen molar-refractivity contribution >= 4 is 30.1 Å². The van der Waals surface area contributed by atoms with Crippen molar-refractivity contribution < 1.29 is 18.5 Å². The van der Waals surface area contributed by atoms with Gasteiger partial charge in [-0.1, -0.05) is 44.5 Å². The minimum atomic E-state index is -0.688. The van der Waals surface area contributed by atoms with E-state index >= 15 is 0 Å². The van der Waals surface area contributed by atoms with Crippen LogP contribution in [0.4, 0.5) is 20.7 Å². The highest BCUT2D eigenvalue weighted by Gasteiger charge is 2.51. The molecular weight excluding hydrogens is 458 g/mol. The number of anilines is 2. The predicted octanol–water partition coefficient (Wildman–Crippen LogP) is 5.56. The highest BCUT2D eigenvalue weighted by molar-refractivity contribution is 6.62. The molecule has 0 saturated carbocycles. The molecular formula is C27H34BFN4O3. The summed E-state index contributed by atoms with van der Waals surface area (Å²) in [4.78, 5) is 12.9. The van der Waals surface area contributed by atoms with Gasteiger partial charge < -0.3 is 14.6 Å². The highest BCUT2D eigenvalue weighted by atomic mass is 19.1. The Labute approximate surface area is 212 Å². The van der Waals surface area contributed by atoms with E-state index < -0.39 is 30.2 Å². The SMILES string of the molecule is Cc1ccc(-n2nc(C(C)(C)C)cc2NC(=O)Nc2ccc(B3OC(C)(C)C(C)(C)O3)cc2F)cc1. The number of aromatic nitrogens is 2. The Morgan fingerprint density at radius 3 is 2.14 bits per heavy atom. The first-order valence-electron chi connectivity index (χ1n) is 12.1. The average Bonchev–Trinajstić information content (AvgIpc) is 3.27. The lowest BCUT2D eigenvalue weighted by atomic mass is 9.79. The summed E-state index contributed by atoms with van der Waals surface area (Å²) in [6.45, 7) is 15.9. The van der Waals surface area contributed by atoms with Gasteiger partial charge in [-0.3, -0.25) is 5.32 Å². The van der Waals surface area contributed by atoms with Crippen molar-refractivity contribution in [3.05, 3.63) is 65.6 Å². The van der Waals surface area contributed by atoms with E-state index in [2.05, 4.69) is 31.4 Å². The van der Waals surface area contributed by atoms with Gasteiger partial charge in [0.15, 0.2) is 0 Å². The van der Waals surface area contributed by atoms with Crippen LogP contribution in [0.5, 0.6) is 0 Å². The van der Waals surface area contributed by atoms with Crippen LogP contribution in [-0.4, -0.2) is 34.1 Å². The van der Waals surface area contributed by atoms with E-state index in [1.54, 1.807) is 10.7 Å². The molecule has 36 heavy (non-hydrogen) atoms. The summed E-state index contributed by atoms with van der Waals surface area (Å²) in [6, 6.07) is 13.6. The van der Waals surface area contributed by atoms with Crippen LogP contribution in [0, 0.1) is 12.7 Å². The fourth-order valence-corrected chi connectivity index (χ4v) is 3.75. The minimum Gasteiger partial charge on any atom is -0.399 e. The molecule has 2 amide bonds. The Bertz CT molecular complexity index is 1260. The molecule has 7 nitrogen and oxygen atoms in total. The van der Waals surface area contributed by atoms with Crippen LogP contribution in [0.15, 0.2) is 48.5 Å². The number of benzene rings is 2. The van der Waals surface area contributed by atoms with Gasteiger partial charge in [-0.2, -0.15) is 5.10 Å². The van der Waals surface area contributed by atoms with E-state index in [0.29, 0.717) is 11.3 Å². The van der Waals surface area contributed by atoms with Crippen LogP contribution in [0.2, 0.25) is 0 Å². The van der Waals surface area contributed by atoms with Crippen molar-refractivity contribution in [1.82, 2.24) is 9.78 Å². The van der Waals surface area contributed by atoms with Gasteiger partial charge in [0.2, 0.25) is 0 Å². The largest absolute Gasteiger partial charge is 0.494 e. The second-order valence-corrected chi connectivity index (χ2v) is 11.3. The summed E-state index contributed by atoms with van der Waals surface area (Å²) in [5.41, 5.74) is 2.05. The maximum Gasteiger partial charge on any atom is 0.494 e. The fraction of sp³-hybridized carbons (Fsp3) is 0.407. The number of rotatable bonds is 4. The van der Waals surface area contributed by atoms with Crippen LogP contribution in [-0.2, 0) is 14.7 Å². The molecule has 0 spiro atoms. The quantitative estimate of drug-likeness (QED) is 0.468. The van der Waals surface area contributed by atoms with Gasteiger partial charge in [-0.05, 0) is 64.3 Å².